The SMILES string of the molecule is Cc1noc(C)c1-c1cnc2c(-c3ccc(C(=O)NCCOCCOCCOCCOCCOCCC(=O)O)cc3)cn(C(C)c3ccccn3)c2c1. The minimum atomic E-state index is -0.884. The molecule has 0 bridgehead atoms. The summed E-state index contributed by atoms with van der Waals surface area (Å²) >= 11 is 0. The number of nitrogens with zero attached hydrogens (tertiary/aromatic N) is 4. The number of nitrogens with one attached hydrogen (secondary N) is 1. The van der Waals surface area contributed by atoms with Crippen molar-refractivity contribution in [1.82, 2.24) is 25.0 Å². The van der Waals surface area contributed by atoms with Gasteiger partial charge in [-0.05, 0) is 56.7 Å². The number of benzene rings is 1. The highest BCUT2D eigenvalue weighted by molar-refractivity contribution is 5.97. The third-order valence-electron chi connectivity index (χ3n) is 8.46. The van der Waals surface area contributed by atoms with E-state index in [1.54, 1.807) is 6.20 Å². The van der Waals surface area contributed by atoms with Crippen LogP contribution in [-0.4, -0.2) is 109 Å². The van der Waals surface area contributed by atoms with E-state index in [1.165, 1.54) is 0 Å². The largest absolute Gasteiger partial charge is 0.481 e. The van der Waals surface area contributed by atoms with E-state index in [4.69, 9.17) is 38.3 Å². The number of carbonyl (C=O) groups excluding carboxylic acids is 1. The first-order valence-corrected chi connectivity index (χ1v) is 17.7. The number of rotatable bonds is 23. The van der Waals surface area contributed by atoms with Gasteiger partial charge in [-0.3, -0.25) is 19.6 Å². The molecule has 4 heterocycles. The second-order valence-corrected chi connectivity index (χ2v) is 12.2. The number of aromatic nitrogens is 4. The molecule has 0 saturated carbocycles. The van der Waals surface area contributed by atoms with Crippen LogP contribution in [0.1, 0.15) is 46.9 Å². The zero-order chi connectivity index (χ0) is 37.4. The molecule has 2 N–H and O–H groups in total. The van der Waals surface area contributed by atoms with Gasteiger partial charge < -0.3 is 43.2 Å². The fraction of sp³-hybridized carbons (Fsp3) is 0.410. The highest BCUT2D eigenvalue weighted by Crippen LogP contribution is 2.36. The van der Waals surface area contributed by atoms with E-state index in [0.29, 0.717) is 71.6 Å². The van der Waals surface area contributed by atoms with Crippen molar-refractivity contribution in [2.45, 2.75) is 33.2 Å². The second-order valence-electron chi connectivity index (χ2n) is 12.2. The predicted octanol–water partition coefficient (Wildman–Crippen LogP) is 5.27. The van der Waals surface area contributed by atoms with Crippen molar-refractivity contribution in [2.24, 2.45) is 0 Å². The number of amides is 1. The molecule has 0 spiro atoms. The maximum atomic E-state index is 12.9. The molecule has 282 valence electrons. The first-order chi connectivity index (χ1) is 25.8. The van der Waals surface area contributed by atoms with Crippen LogP contribution < -0.4 is 5.32 Å². The van der Waals surface area contributed by atoms with E-state index in [9.17, 15) is 9.59 Å². The summed E-state index contributed by atoms with van der Waals surface area (Å²) in [6.45, 7) is 10.1. The second kappa shape index (κ2) is 20.3. The summed E-state index contributed by atoms with van der Waals surface area (Å²) in [5.74, 6) is -0.329. The van der Waals surface area contributed by atoms with Gasteiger partial charge in [-0.2, -0.15) is 0 Å². The Balaban J connectivity index is 1.05. The first kappa shape index (κ1) is 39.2. The molecule has 0 saturated heterocycles. The minimum Gasteiger partial charge on any atom is -0.481 e. The van der Waals surface area contributed by atoms with E-state index in [-0.39, 0.29) is 25.0 Å². The molecule has 1 atom stereocenters. The molecular weight excluding hydrogens is 682 g/mol. The zero-order valence-electron chi connectivity index (χ0n) is 30.4. The molecule has 1 amide bonds. The monoisotopic (exact) mass is 729 g/mol. The van der Waals surface area contributed by atoms with Crippen molar-refractivity contribution >= 4 is 22.9 Å². The Morgan fingerprint density at radius 3 is 2.06 bits per heavy atom. The van der Waals surface area contributed by atoms with Crippen LogP contribution in [0.25, 0.3) is 33.3 Å². The van der Waals surface area contributed by atoms with Gasteiger partial charge >= 0.3 is 5.97 Å². The van der Waals surface area contributed by atoms with Gasteiger partial charge in [0.05, 0.1) is 101 Å². The fourth-order valence-corrected chi connectivity index (χ4v) is 5.74. The Bertz CT molecular complexity index is 1870. The minimum absolute atomic E-state index is 0.0164. The molecule has 0 aliphatic carbocycles. The number of pyridine rings is 2. The molecule has 53 heavy (non-hydrogen) atoms. The summed E-state index contributed by atoms with van der Waals surface area (Å²) in [4.78, 5) is 32.8. The lowest BCUT2D eigenvalue weighted by Crippen LogP contribution is -2.27. The van der Waals surface area contributed by atoms with Crippen LogP contribution in [0.2, 0.25) is 0 Å². The highest BCUT2D eigenvalue weighted by atomic mass is 16.6. The van der Waals surface area contributed by atoms with E-state index in [1.807, 2.05) is 62.5 Å². The number of carbonyl (C=O) groups is 2. The molecule has 1 aromatic carbocycles. The Hall–Kier alpha value is -4.99. The summed E-state index contributed by atoms with van der Waals surface area (Å²) in [6.07, 6.45) is 5.74. The van der Waals surface area contributed by atoms with Crippen molar-refractivity contribution in [3.8, 4) is 22.3 Å². The van der Waals surface area contributed by atoms with Crippen LogP contribution in [0.15, 0.2) is 71.6 Å². The summed E-state index contributed by atoms with van der Waals surface area (Å²) in [7, 11) is 0. The Labute approximate surface area is 308 Å². The van der Waals surface area contributed by atoms with Gasteiger partial charge in [-0.15, -0.1) is 0 Å². The molecule has 1 unspecified atom stereocenters. The third-order valence-corrected chi connectivity index (χ3v) is 8.46. The average Bonchev–Trinajstić information content (AvgIpc) is 3.72. The van der Waals surface area contributed by atoms with Gasteiger partial charge in [-0.1, -0.05) is 23.4 Å². The van der Waals surface area contributed by atoms with Gasteiger partial charge in [-0.25, -0.2) is 0 Å². The number of ether oxygens (including phenoxy) is 5. The van der Waals surface area contributed by atoms with Gasteiger partial charge in [0.15, 0.2) is 0 Å². The first-order valence-electron chi connectivity index (χ1n) is 17.7. The Kier molecular flexibility index (Phi) is 15.0. The topological polar surface area (TPSA) is 169 Å². The van der Waals surface area contributed by atoms with Crippen LogP contribution in [0.5, 0.6) is 0 Å². The third kappa shape index (κ3) is 11.2. The lowest BCUT2D eigenvalue weighted by Gasteiger charge is -2.15. The van der Waals surface area contributed by atoms with Gasteiger partial charge in [0.1, 0.15) is 5.76 Å². The fourth-order valence-electron chi connectivity index (χ4n) is 5.74. The molecular formula is C39H47N5O9. The van der Waals surface area contributed by atoms with Crippen molar-refractivity contribution in [3.63, 3.8) is 0 Å². The van der Waals surface area contributed by atoms with Crippen LogP contribution in [0.3, 0.4) is 0 Å². The van der Waals surface area contributed by atoms with E-state index in [2.05, 4.69) is 39.2 Å². The molecule has 4 aromatic heterocycles. The smallest absolute Gasteiger partial charge is 0.305 e. The van der Waals surface area contributed by atoms with Crippen LogP contribution in [0.4, 0.5) is 0 Å². The maximum Gasteiger partial charge on any atom is 0.305 e. The van der Waals surface area contributed by atoms with Gasteiger partial charge in [0.25, 0.3) is 5.91 Å². The number of hydrogen-bond acceptors (Lipinski definition) is 11. The number of aryl methyl sites for hydroxylation is 2. The number of hydrogen-bond donors (Lipinski definition) is 2. The lowest BCUT2D eigenvalue weighted by molar-refractivity contribution is -0.138. The molecule has 0 radical (unpaired) electrons. The quantitative estimate of drug-likeness (QED) is 0.0838. The van der Waals surface area contributed by atoms with E-state index >= 15 is 0 Å². The van der Waals surface area contributed by atoms with Crippen molar-refractivity contribution in [1.29, 1.82) is 0 Å². The van der Waals surface area contributed by atoms with Crippen LogP contribution in [0, 0.1) is 13.8 Å². The Morgan fingerprint density at radius 2 is 1.47 bits per heavy atom. The maximum absolute atomic E-state index is 12.9. The predicted molar refractivity (Wildman–Crippen MR) is 197 cm³/mol. The number of aliphatic carboxylic acids is 1. The summed E-state index contributed by atoms with van der Waals surface area (Å²) in [5.41, 5.74) is 7.84. The van der Waals surface area contributed by atoms with E-state index < -0.39 is 5.97 Å². The lowest BCUT2D eigenvalue weighted by atomic mass is 10.0. The molecule has 14 heteroatoms. The zero-order valence-corrected chi connectivity index (χ0v) is 30.4. The van der Waals surface area contributed by atoms with Crippen molar-refractivity contribution in [3.05, 3.63) is 89.8 Å². The number of fused-ring (bicyclic) bond motifs is 1. The van der Waals surface area contributed by atoms with E-state index in [0.717, 1.165) is 50.4 Å². The highest BCUT2D eigenvalue weighted by Gasteiger charge is 2.20. The van der Waals surface area contributed by atoms with Crippen LogP contribution in [-0.2, 0) is 28.5 Å². The number of carboxylic acids is 1. The standard InChI is InChI=1S/C39H47N5O9/c1-27-37(29(3)53-43-27)32-24-35-38(42-25-32)33(26-44(35)28(2)34-6-4-5-12-40-34)30-7-9-31(10-8-30)39(47)41-13-15-49-17-19-51-21-23-52-22-20-50-18-16-48-14-11-36(45)46/h4-10,12,24-26,28H,11,13-23H2,1-3H3,(H,41,47)(H,45,46). The van der Waals surface area contributed by atoms with Crippen molar-refractivity contribution in [2.75, 3.05) is 72.6 Å². The molecule has 0 aliphatic heterocycles. The van der Waals surface area contributed by atoms with Crippen LogP contribution >= 0.6 is 0 Å². The summed E-state index contributed by atoms with van der Waals surface area (Å²) < 4.78 is 34.6. The van der Waals surface area contributed by atoms with Crippen molar-refractivity contribution < 1.29 is 42.9 Å². The molecule has 14 nitrogen and oxygen atoms in total. The molecule has 5 rings (SSSR count). The summed E-state index contributed by atoms with van der Waals surface area (Å²) in [6, 6.07) is 15.5. The number of carboxylic acid groups (broad SMARTS) is 1. The molecule has 0 aliphatic rings. The van der Waals surface area contributed by atoms with Gasteiger partial charge in [0, 0.05) is 47.4 Å². The molecule has 0 fully saturated rings. The molecule has 5 aromatic rings. The normalized spacial score (nSPS) is 12.0. The average molecular weight is 730 g/mol. The van der Waals surface area contributed by atoms with Gasteiger partial charge in [0.2, 0.25) is 0 Å². The summed E-state index contributed by atoms with van der Waals surface area (Å²) in [5, 5.41) is 15.6. The Morgan fingerprint density at radius 1 is 0.830 bits per heavy atom.